The predicted octanol–water partition coefficient (Wildman–Crippen LogP) is 3.64. The van der Waals surface area contributed by atoms with Crippen molar-refractivity contribution >= 4 is 15.7 Å². The number of halogens is 1. The van der Waals surface area contributed by atoms with Gasteiger partial charge in [-0.3, -0.25) is 4.98 Å². The van der Waals surface area contributed by atoms with E-state index in [2.05, 4.69) is 15.0 Å². The van der Waals surface area contributed by atoms with Crippen molar-refractivity contribution in [3.8, 4) is 22.4 Å². The van der Waals surface area contributed by atoms with Gasteiger partial charge >= 0.3 is 0 Å². The summed E-state index contributed by atoms with van der Waals surface area (Å²) in [6.45, 7) is 0. The standard InChI is InChI=1S/C20H19FN4O2S/c21-17-10-13(7-8-16(17)18-11-25-19(22)12-24-18)15-6-3-9-23-20(15)28(26,27)14-4-1-2-5-14/h3,6-12,14H,1-2,4-5H2,(H2,22,25). The summed E-state index contributed by atoms with van der Waals surface area (Å²) in [7, 11) is -3.57. The second-order valence-electron chi connectivity index (χ2n) is 6.83. The Kier molecular flexibility index (Phi) is 4.80. The molecular weight excluding hydrogens is 379 g/mol. The Labute approximate surface area is 162 Å². The monoisotopic (exact) mass is 398 g/mol. The number of hydrogen-bond donors (Lipinski definition) is 1. The Morgan fingerprint density at radius 1 is 1.00 bits per heavy atom. The maximum Gasteiger partial charge on any atom is 0.199 e. The minimum absolute atomic E-state index is 0.0151. The van der Waals surface area contributed by atoms with Gasteiger partial charge in [-0.05, 0) is 42.7 Å². The fourth-order valence-corrected chi connectivity index (χ4v) is 5.53. The molecule has 2 heterocycles. The lowest BCUT2D eigenvalue weighted by Gasteiger charge is -2.14. The van der Waals surface area contributed by atoms with Gasteiger partial charge in [-0.15, -0.1) is 0 Å². The molecule has 2 N–H and O–H groups in total. The highest BCUT2D eigenvalue weighted by atomic mass is 32.2. The van der Waals surface area contributed by atoms with Crippen LogP contribution in [-0.4, -0.2) is 28.6 Å². The van der Waals surface area contributed by atoms with Crippen LogP contribution in [0.3, 0.4) is 0 Å². The van der Waals surface area contributed by atoms with Crippen LogP contribution in [0.15, 0.2) is 53.9 Å². The fraction of sp³-hybridized carbons (Fsp3) is 0.250. The topological polar surface area (TPSA) is 98.8 Å². The number of hydrogen-bond acceptors (Lipinski definition) is 6. The van der Waals surface area contributed by atoms with E-state index < -0.39 is 20.9 Å². The first-order chi connectivity index (χ1) is 13.5. The molecule has 0 amide bonds. The summed E-state index contributed by atoms with van der Waals surface area (Å²) in [5.74, 6) is -0.275. The minimum atomic E-state index is -3.57. The second-order valence-corrected chi connectivity index (χ2v) is 8.97. The smallest absolute Gasteiger partial charge is 0.199 e. The number of aromatic nitrogens is 3. The molecule has 0 unspecified atom stereocenters. The zero-order chi connectivity index (χ0) is 19.7. The summed E-state index contributed by atoms with van der Waals surface area (Å²) in [5.41, 5.74) is 6.99. The van der Waals surface area contributed by atoms with Crippen LogP contribution in [0.4, 0.5) is 10.2 Å². The summed E-state index contributed by atoms with van der Waals surface area (Å²) in [4.78, 5) is 12.2. The van der Waals surface area contributed by atoms with Crippen molar-refractivity contribution in [1.82, 2.24) is 15.0 Å². The Morgan fingerprint density at radius 3 is 2.46 bits per heavy atom. The van der Waals surface area contributed by atoms with E-state index in [4.69, 9.17) is 5.73 Å². The molecule has 0 bridgehead atoms. The van der Waals surface area contributed by atoms with Crippen molar-refractivity contribution in [1.29, 1.82) is 0 Å². The maximum absolute atomic E-state index is 14.8. The Hall–Kier alpha value is -2.87. The van der Waals surface area contributed by atoms with Gasteiger partial charge in [0.1, 0.15) is 11.6 Å². The fourth-order valence-electron chi connectivity index (χ4n) is 3.56. The normalized spacial score (nSPS) is 15.0. The summed E-state index contributed by atoms with van der Waals surface area (Å²) in [6, 6.07) is 7.84. The molecular formula is C20H19FN4O2S. The van der Waals surface area contributed by atoms with Crippen LogP contribution in [-0.2, 0) is 9.84 Å². The van der Waals surface area contributed by atoms with Crippen LogP contribution in [0.1, 0.15) is 25.7 Å². The first kappa shape index (κ1) is 18.5. The predicted molar refractivity (Wildman–Crippen MR) is 105 cm³/mol. The maximum atomic E-state index is 14.8. The molecule has 8 heteroatoms. The number of sulfone groups is 1. The third-order valence-corrected chi connectivity index (χ3v) is 7.22. The molecule has 4 rings (SSSR count). The molecule has 1 fully saturated rings. The van der Waals surface area contributed by atoms with Gasteiger partial charge in [-0.1, -0.05) is 18.9 Å². The SMILES string of the molecule is Nc1cnc(-c2ccc(-c3cccnc3S(=O)(=O)C3CCCC3)cc2F)cn1. The van der Waals surface area contributed by atoms with Crippen molar-refractivity contribution in [2.45, 2.75) is 36.0 Å². The number of benzene rings is 1. The quantitative estimate of drug-likeness (QED) is 0.720. The summed E-state index contributed by atoms with van der Waals surface area (Å²) in [6.07, 6.45) is 7.29. The van der Waals surface area contributed by atoms with Crippen LogP contribution in [0.2, 0.25) is 0 Å². The Balaban J connectivity index is 1.76. The highest BCUT2D eigenvalue weighted by Crippen LogP contribution is 2.35. The highest BCUT2D eigenvalue weighted by molar-refractivity contribution is 7.92. The summed E-state index contributed by atoms with van der Waals surface area (Å²) >= 11 is 0. The zero-order valence-corrected chi connectivity index (χ0v) is 15.9. The van der Waals surface area contributed by atoms with Crippen LogP contribution in [0, 0.1) is 5.82 Å². The molecule has 3 aromatic rings. The highest BCUT2D eigenvalue weighted by Gasteiger charge is 2.33. The Bertz CT molecular complexity index is 1110. The van der Waals surface area contributed by atoms with Crippen LogP contribution in [0.5, 0.6) is 0 Å². The molecule has 0 atom stereocenters. The molecule has 0 spiro atoms. The molecule has 144 valence electrons. The van der Waals surface area contributed by atoms with Gasteiger partial charge in [-0.25, -0.2) is 22.8 Å². The zero-order valence-electron chi connectivity index (χ0n) is 15.0. The average molecular weight is 398 g/mol. The largest absolute Gasteiger partial charge is 0.382 e. The molecule has 1 aliphatic carbocycles. The minimum Gasteiger partial charge on any atom is -0.382 e. The number of nitrogens with two attached hydrogens (primary N) is 1. The van der Waals surface area contributed by atoms with Crippen molar-refractivity contribution in [3.63, 3.8) is 0 Å². The molecule has 0 aliphatic heterocycles. The van der Waals surface area contributed by atoms with Gasteiger partial charge < -0.3 is 5.73 Å². The van der Waals surface area contributed by atoms with E-state index in [-0.39, 0.29) is 16.4 Å². The van der Waals surface area contributed by atoms with Gasteiger partial charge in [-0.2, -0.15) is 0 Å². The summed E-state index contributed by atoms with van der Waals surface area (Å²) < 4.78 is 40.9. The van der Waals surface area contributed by atoms with Crippen LogP contribution < -0.4 is 5.73 Å². The van der Waals surface area contributed by atoms with Gasteiger partial charge in [0, 0.05) is 17.3 Å². The molecule has 1 aromatic carbocycles. The number of rotatable bonds is 4. The molecule has 2 aromatic heterocycles. The molecule has 28 heavy (non-hydrogen) atoms. The van der Waals surface area contributed by atoms with Gasteiger partial charge in [0.05, 0.1) is 23.3 Å². The number of pyridine rings is 1. The third kappa shape index (κ3) is 3.35. The van der Waals surface area contributed by atoms with E-state index in [0.717, 1.165) is 12.8 Å². The van der Waals surface area contributed by atoms with E-state index in [0.29, 0.717) is 29.7 Å². The van der Waals surface area contributed by atoms with Gasteiger partial charge in [0.15, 0.2) is 14.9 Å². The summed E-state index contributed by atoms with van der Waals surface area (Å²) in [5, 5.41) is -0.406. The second kappa shape index (κ2) is 7.27. The lowest BCUT2D eigenvalue weighted by atomic mass is 10.0. The van der Waals surface area contributed by atoms with E-state index in [1.165, 1.54) is 24.7 Å². The van der Waals surface area contributed by atoms with Gasteiger partial charge in [0.2, 0.25) is 0 Å². The first-order valence-corrected chi connectivity index (χ1v) is 10.6. The molecule has 1 aliphatic rings. The van der Waals surface area contributed by atoms with Crippen molar-refractivity contribution in [3.05, 3.63) is 54.7 Å². The lowest BCUT2D eigenvalue weighted by molar-refractivity contribution is 0.576. The van der Waals surface area contributed by atoms with Crippen LogP contribution in [0.25, 0.3) is 22.4 Å². The number of anilines is 1. The van der Waals surface area contributed by atoms with Crippen molar-refractivity contribution in [2.24, 2.45) is 0 Å². The van der Waals surface area contributed by atoms with Crippen molar-refractivity contribution in [2.75, 3.05) is 5.73 Å². The van der Waals surface area contributed by atoms with E-state index in [1.807, 2.05) is 0 Å². The van der Waals surface area contributed by atoms with Crippen molar-refractivity contribution < 1.29 is 12.8 Å². The van der Waals surface area contributed by atoms with Gasteiger partial charge in [0.25, 0.3) is 0 Å². The number of nitrogens with zero attached hydrogens (tertiary/aromatic N) is 3. The third-order valence-electron chi connectivity index (χ3n) is 5.01. The number of nitrogen functional groups attached to an aromatic ring is 1. The molecule has 1 saturated carbocycles. The molecule has 0 radical (unpaired) electrons. The lowest BCUT2D eigenvalue weighted by Crippen LogP contribution is -2.19. The average Bonchev–Trinajstić information content (AvgIpc) is 3.25. The van der Waals surface area contributed by atoms with E-state index in [9.17, 15) is 12.8 Å². The van der Waals surface area contributed by atoms with Crippen LogP contribution >= 0.6 is 0 Å². The Morgan fingerprint density at radius 2 is 1.79 bits per heavy atom. The first-order valence-electron chi connectivity index (χ1n) is 9.03. The molecule has 0 saturated heterocycles. The van der Waals surface area contributed by atoms with E-state index >= 15 is 0 Å². The van der Waals surface area contributed by atoms with E-state index in [1.54, 1.807) is 24.3 Å². The molecule has 6 nitrogen and oxygen atoms in total.